The van der Waals surface area contributed by atoms with Crippen LogP contribution >= 0.6 is 0 Å². The van der Waals surface area contributed by atoms with E-state index in [1.807, 2.05) is 30.3 Å². The number of aromatic nitrogens is 1. The quantitative estimate of drug-likeness (QED) is 0.304. The minimum atomic E-state index is -1.23. The lowest BCUT2D eigenvalue weighted by atomic mass is 9.90. The van der Waals surface area contributed by atoms with E-state index in [9.17, 15) is 14.7 Å². The molecule has 0 saturated heterocycles. The van der Waals surface area contributed by atoms with E-state index >= 15 is 0 Å². The topological polar surface area (TPSA) is 85.7 Å². The monoisotopic (exact) mass is 443 g/mol. The molecule has 1 heterocycles. The Labute approximate surface area is 185 Å². The van der Waals surface area contributed by atoms with Gasteiger partial charge in [0, 0.05) is 27.0 Å². The van der Waals surface area contributed by atoms with Gasteiger partial charge in [-0.15, -0.1) is 0 Å². The Morgan fingerprint density at radius 3 is 2.52 bits per heavy atom. The van der Waals surface area contributed by atoms with Crippen LogP contribution in [-0.4, -0.2) is 43.3 Å². The Kier molecular flexibility index (Phi) is 8.14. The number of aliphatic carboxylic acids is 1. The molecule has 31 heavy (non-hydrogen) atoms. The second-order valence-electron chi connectivity index (χ2n) is 9.36. The summed E-state index contributed by atoms with van der Waals surface area (Å²) in [4.78, 5) is 27.7. The van der Waals surface area contributed by atoms with Crippen molar-refractivity contribution in [3.63, 3.8) is 0 Å². The fraction of sp³-hybridized carbons (Fsp3) is 0.458. The number of benzene rings is 1. The van der Waals surface area contributed by atoms with Gasteiger partial charge < -0.3 is 14.6 Å². The molecule has 0 radical (unpaired) electrons. The third kappa shape index (κ3) is 7.59. The zero-order valence-electron chi connectivity index (χ0n) is 19.3. The zero-order chi connectivity index (χ0) is 23.2. The summed E-state index contributed by atoms with van der Waals surface area (Å²) >= 11 is 0. The minimum Gasteiger partial charge on any atom is -0.481 e. The molecule has 1 N–H and O–H groups in total. The van der Waals surface area contributed by atoms with Crippen LogP contribution in [0.15, 0.2) is 36.4 Å². The molecule has 0 aliphatic carbocycles. The van der Waals surface area contributed by atoms with E-state index in [0.717, 1.165) is 22.5 Å². The Bertz CT molecular complexity index is 966. The first-order chi connectivity index (χ1) is 14.4. The molecule has 0 amide bonds. The number of hydrogen-bond acceptors (Lipinski definition) is 5. The number of hydrogen-bond donors (Lipinski definition) is 1. The molecule has 0 saturated carbocycles. The number of carbonyl (C=O) groups is 2. The lowest BCUT2D eigenvalue weighted by Gasteiger charge is -2.22. The molecule has 0 fully saturated rings. The molecule has 7 heteroatoms. The molecular formula is C24H33NO5Si. The smallest absolute Gasteiger partial charge is 0.315 e. The normalized spacial score (nSPS) is 15.0. The molecule has 0 unspecified atom stereocenters. The van der Waals surface area contributed by atoms with Crippen LogP contribution in [0.5, 0.6) is 0 Å². The standard InChI is InChI=1S/C24H33NO5Si/c1-17(30-18(2)26)21-10-9-20-8-7-19(15-22(20)25-21)11-12-24(3,23(27)28)16-29-13-14-31(4,5)6/h7-12,15,17H,13-14,16H2,1-6H3,(H,27,28)/t17-,24-/m1/s1. The van der Waals surface area contributed by atoms with Crippen molar-refractivity contribution in [3.05, 3.63) is 47.7 Å². The van der Waals surface area contributed by atoms with Crippen molar-refractivity contribution in [1.29, 1.82) is 0 Å². The summed E-state index contributed by atoms with van der Waals surface area (Å²) in [6, 6.07) is 10.5. The van der Waals surface area contributed by atoms with Crippen molar-refractivity contribution >= 4 is 37.0 Å². The average molecular weight is 444 g/mol. The molecule has 0 bridgehead atoms. The van der Waals surface area contributed by atoms with E-state index in [2.05, 4.69) is 24.6 Å². The first-order valence-electron chi connectivity index (χ1n) is 10.5. The third-order valence-corrected chi connectivity index (χ3v) is 6.73. The van der Waals surface area contributed by atoms with Crippen molar-refractivity contribution in [2.75, 3.05) is 13.2 Å². The Balaban J connectivity index is 2.18. The van der Waals surface area contributed by atoms with Gasteiger partial charge in [0.1, 0.15) is 11.5 Å². The van der Waals surface area contributed by atoms with Gasteiger partial charge in [-0.3, -0.25) is 9.59 Å². The van der Waals surface area contributed by atoms with E-state index in [1.165, 1.54) is 6.92 Å². The van der Waals surface area contributed by atoms with E-state index in [0.29, 0.717) is 12.3 Å². The summed E-state index contributed by atoms with van der Waals surface area (Å²) in [5.74, 6) is -1.28. The summed E-state index contributed by atoms with van der Waals surface area (Å²) in [5, 5.41) is 10.7. The van der Waals surface area contributed by atoms with Crippen LogP contribution in [0.3, 0.4) is 0 Å². The number of esters is 1. The molecule has 0 aliphatic heterocycles. The van der Waals surface area contributed by atoms with Gasteiger partial charge in [0.15, 0.2) is 0 Å². The molecule has 1 aromatic heterocycles. The van der Waals surface area contributed by atoms with Crippen LogP contribution < -0.4 is 0 Å². The molecule has 0 aliphatic rings. The molecule has 2 atom stereocenters. The lowest BCUT2D eigenvalue weighted by Crippen LogP contribution is -2.32. The number of fused-ring (bicyclic) bond motifs is 1. The second kappa shape index (κ2) is 10.2. The van der Waals surface area contributed by atoms with Gasteiger partial charge in [-0.25, -0.2) is 4.98 Å². The SMILES string of the molecule is CC(=O)O[C@H](C)c1ccc2ccc(C=C[C@](C)(COCC[Si](C)(C)C)C(=O)O)cc2n1. The number of carboxylic acids is 1. The fourth-order valence-electron chi connectivity index (χ4n) is 2.91. The predicted molar refractivity (Wildman–Crippen MR) is 126 cm³/mol. The van der Waals surface area contributed by atoms with Crippen LogP contribution in [0.2, 0.25) is 25.7 Å². The highest BCUT2D eigenvalue weighted by Crippen LogP contribution is 2.24. The van der Waals surface area contributed by atoms with Gasteiger partial charge in [0.05, 0.1) is 17.8 Å². The van der Waals surface area contributed by atoms with Gasteiger partial charge in [-0.2, -0.15) is 0 Å². The van der Waals surface area contributed by atoms with E-state index in [1.54, 1.807) is 26.0 Å². The largest absolute Gasteiger partial charge is 0.481 e. The summed E-state index contributed by atoms with van der Waals surface area (Å²) in [6.45, 7) is 12.3. The summed E-state index contributed by atoms with van der Waals surface area (Å²) in [6.07, 6.45) is 3.03. The number of carbonyl (C=O) groups excluding carboxylic acids is 1. The number of ether oxygens (including phenoxy) is 2. The van der Waals surface area contributed by atoms with Crippen LogP contribution in [0.25, 0.3) is 17.0 Å². The van der Waals surface area contributed by atoms with Crippen molar-refractivity contribution in [2.24, 2.45) is 5.41 Å². The van der Waals surface area contributed by atoms with E-state index < -0.39 is 25.6 Å². The highest BCUT2D eigenvalue weighted by molar-refractivity contribution is 6.76. The molecule has 0 spiro atoms. The first-order valence-corrected chi connectivity index (χ1v) is 14.2. The maximum Gasteiger partial charge on any atom is 0.315 e. The zero-order valence-corrected chi connectivity index (χ0v) is 20.3. The van der Waals surface area contributed by atoms with Gasteiger partial charge in [-0.1, -0.05) is 50.0 Å². The number of pyridine rings is 1. The predicted octanol–water partition coefficient (Wildman–Crippen LogP) is 5.32. The maximum atomic E-state index is 11.9. The molecule has 6 nitrogen and oxygen atoms in total. The molecule has 168 valence electrons. The van der Waals surface area contributed by atoms with Crippen molar-refractivity contribution in [2.45, 2.75) is 52.6 Å². The fourth-order valence-corrected chi connectivity index (χ4v) is 3.67. The Hall–Kier alpha value is -2.51. The molecule has 1 aromatic carbocycles. The van der Waals surface area contributed by atoms with Gasteiger partial charge >= 0.3 is 11.9 Å². The van der Waals surface area contributed by atoms with Crippen molar-refractivity contribution in [3.8, 4) is 0 Å². The minimum absolute atomic E-state index is 0.124. The van der Waals surface area contributed by atoms with Crippen LogP contribution in [-0.2, 0) is 19.1 Å². The van der Waals surface area contributed by atoms with Gasteiger partial charge in [-0.05, 0) is 37.6 Å². The summed E-state index contributed by atoms with van der Waals surface area (Å²) in [7, 11) is -1.23. The number of rotatable bonds is 10. The van der Waals surface area contributed by atoms with E-state index in [-0.39, 0.29) is 12.6 Å². The Morgan fingerprint density at radius 2 is 1.90 bits per heavy atom. The Morgan fingerprint density at radius 1 is 1.23 bits per heavy atom. The maximum absolute atomic E-state index is 11.9. The van der Waals surface area contributed by atoms with Crippen molar-refractivity contribution < 1.29 is 24.2 Å². The summed E-state index contributed by atoms with van der Waals surface area (Å²) in [5.41, 5.74) is 1.14. The van der Waals surface area contributed by atoms with Crippen LogP contribution in [0.1, 0.15) is 38.1 Å². The molecular weight excluding hydrogens is 410 g/mol. The first kappa shape index (κ1) is 24.8. The number of carboxylic acid groups (broad SMARTS) is 1. The van der Waals surface area contributed by atoms with Crippen LogP contribution in [0.4, 0.5) is 0 Å². The lowest BCUT2D eigenvalue weighted by molar-refractivity contribution is -0.148. The van der Waals surface area contributed by atoms with Crippen LogP contribution in [0, 0.1) is 5.41 Å². The van der Waals surface area contributed by atoms with Gasteiger partial charge in [0.25, 0.3) is 0 Å². The molecule has 2 aromatic rings. The molecule has 2 rings (SSSR count). The van der Waals surface area contributed by atoms with Gasteiger partial charge in [0.2, 0.25) is 0 Å². The number of nitrogens with zero attached hydrogens (tertiary/aromatic N) is 1. The second-order valence-corrected chi connectivity index (χ2v) is 15.0. The van der Waals surface area contributed by atoms with E-state index in [4.69, 9.17) is 9.47 Å². The highest BCUT2D eigenvalue weighted by Gasteiger charge is 2.30. The average Bonchev–Trinajstić information content (AvgIpc) is 2.67. The third-order valence-electron chi connectivity index (χ3n) is 5.03. The van der Waals surface area contributed by atoms with Crippen molar-refractivity contribution in [1.82, 2.24) is 4.98 Å². The summed E-state index contributed by atoms with van der Waals surface area (Å²) < 4.78 is 10.9. The highest BCUT2D eigenvalue weighted by atomic mass is 28.3.